The molecule has 0 amide bonds. The molecule has 4 aromatic rings. The van der Waals surface area contributed by atoms with Crippen LogP contribution in [0.3, 0.4) is 0 Å². The van der Waals surface area contributed by atoms with Crippen molar-refractivity contribution >= 4 is 28.1 Å². The second-order valence-corrected chi connectivity index (χ2v) is 7.67. The van der Waals surface area contributed by atoms with Gasteiger partial charge in [0.25, 0.3) is 0 Å². The van der Waals surface area contributed by atoms with Crippen LogP contribution in [0.15, 0.2) is 34.3 Å². The van der Waals surface area contributed by atoms with Crippen molar-refractivity contribution in [2.45, 2.75) is 20.3 Å². The summed E-state index contributed by atoms with van der Waals surface area (Å²) in [6, 6.07) is 4.77. The highest BCUT2D eigenvalue weighted by atomic mass is 32.1. The van der Waals surface area contributed by atoms with E-state index in [1.54, 1.807) is 6.92 Å². The molecule has 0 spiro atoms. The number of rotatable bonds is 8. The lowest BCUT2D eigenvalue weighted by atomic mass is 10.1. The predicted octanol–water partition coefficient (Wildman–Crippen LogP) is 5.60. The molecule has 4 rings (SSSR count). The maximum absolute atomic E-state index is 14.5. The molecule has 0 aliphatic rings. The molecule has 0 unspecified atom stereocenters. The summed E-state index contributed by atoms with van der Waals surface area (Å²) in [7, 11) is 1.39. The number of methoxy groups -OCH3 is 1. The van der Waals surface area contributed by atoms with Crippen LogP contribution in [0.4, 0.5) is 14.6 Å². The Morgan fingerprint density at radius 2 is 2.03 bits per heavy atom. The van der Waals surface area contributed by atoms with Crippen LogP contribution in [-0.4, -0.2) is 30.2 Å². The van der Waals surface area contributed by atoms with Crippen molar-refractivity contribution in [2.75, 3.05) is 25.6 Å². The van der Waals surface area contributed by atoms with Crippen molar-refractivity contribution in [1.82, 2.24) is 9.97 Å². The molecule has 6 nitrogen and oxygen atoms in total. The van der Waals surface area contributed by atoms with Crippen molar-refractivity contribution in [2.24, 2.45) is 0 Å². The number of hydrogen-bond donors (Lipinski definition) is 1. The highest BCUT2D eigenvalue weighted by Gasteiger charge is 2.22. The molecule has 3 aromatic heterocycles. The first-order chi connectivity index (χ1) is 15.0. The maximum Gasteiger partial charge on any atom is 0.179 e. The lowest BCUT2D eigenvalue weighted by Crippen LogP contribution is -2.07. The van der Waals surface area contributed by atoms with E-state index in [1.807, 2.05) is 24.4 Å². The molecule has 162 valence electrons. The number of nitrogens with zero attached hydrogens (tertiary/aromatic N) is 2. The predicted molar refractivity (Wildman–Crippen MR) is 116 cm³/mol. The summed E-state index contributed by atoms with van der Waals surface area (Å²) in [5.74, 6) is 0.217. The molecule has 0 aliphatic heterocycles. The first kappa shape index (κ1) is 21.0. The van der Waals surface area contributed by atoms with Gasteiger partial charge in [0.2, 0.25) is 0 Å². The third-order valence-corrected chi connectivity index (χ3v) is 5.76. The first-order valence-corrected chi connectivity index (χ1v) is 10.6. The summed E-state index contributed by atoms with van der Waals surface area (Å²) in [5.41, 5.74) is 1.57. The van der Waals surface area contributed by atoms with E-state index in [0.29, 0.717) is 36.7 Å². The van der Waals surface area contributed by atoms with Crippen LogP contribution < -0.4 is 14.8 Å². The molecule has 0 fully saturated rings. The molecule has 0 aliphatic carbocycles. The Morgan fingerprint density at radius 1 is 1.19 bits per heavy atom. The number of ether oxygens (including phenoxy) is 2. The van der Waals surface area contributed by atoms with Gasteiger partial charge in [-0.1, -0.05) is 0 Å². The van der Waals surface area contributed by atoms with E-state index < -0.39 is 11.6 Å². The smallest absolute Gasteiger partial charge is 0.179 e. The monoisotopic (exact) mass is 445 g/mol. The number of aryl methyl sites for hydroxylation is 1. The van der Waals surface area contributed by atoms with Gasteiger partial charge in [0.05, 0.1) is 29.7 Å². The third kappa shape index (κ3) is 4.18. The van der Waals surface area contributed by atoms with E-state index >= 15 is 0 Å². The zero-order valence-electron chi connectivity index (χ0n) is 17.3. The SMILES string of the molecule is CCOc1csc(-c2cc(NCCc3c(C)oc4c(OC)cc(F)c(F)c34)ncn2)c1. The largest absolute Gasteiger partial charge is 0.493 e. The van der Waals surface area contributed by atoms with Gasteiger partial charge in [0, 0.05) is 35.7 Å². The van der Waals surface area contributed by atoms with E-state index in [-0.39, 0.29) is 16.7 Å². The Balaban J connectivity index is 1.52. The number of furan rings is 1. The average Bonchev–Trinajstić information content (AvgIpc) is 3.36. The van der Waals surface area contributed by atoms with E-state index in [9.17, 15) is 8.78 Å². The van der Waals surface area contributed by atoms with Gasteiger partial charge in [-0.2, -0.15) is 0 Å². The average molecular weight is 445 g/mol. The lowest BCUT2D eigenvalue weighted by molar-refractivity contribution is 0.342. The van der Waals surface area contributed by atoms with Crippen LogP contribution in [0.1, 0.15) is 18.2 Å². The standard InChI is InChI=1S/C22H21F2N3O3S/c1-4-29-13-7-18(31-10-13)16-9-19(27-11-26-16)25-6-5-14-12(2)30-22-17(28-3)8-15(23)21(24)20(14)22/h7-11H,4-6H2,1-3H3,(H,25,26,27). The summed E-state index contributed by atoms with van der Waals surface area (Å²) in [6.45, 7) is 4.71. The van der Waals surface area contributed by atoms with Crippen molar-refractivity contribution < 1.29 is 22.7 Å². The van der Waals surface area contributed by atoms with Crippen molar-refractivity contribution in [3.05, 3.63) is 52.9 Å². The lowest BCUT2D eigenvalue weighted by Gasteiger charge is -2.07. The van der Waals surface area contributed by atoms with Gasteiger partial charge in [0.1, 0.15) is 23.7 Å². The minimum Gasteiger partial charge on any atom is -0.493 e. The molecule has 0 bridgehead atoms. The fraction of sp³-hybridized carbons (Fsp3) is 0.273. The number of halogens is 2. The molecule has 31 heavy (non-hydrogen) atoms. The fourth-order valence-electron chi connectivity index (χ4n) is 3.40. The van der Waals surface area contributed by atoms with Crippen LogP contribution in [-0.2, 0) is 6.42 Å². The minimum absolute atomic E-state index is 0.113. The summed E-state index contributed by atoms with van der Waals surface area (Å²) in [6.07, 6.45) is 1.89. The number of fused-ring (bicyclic) bond motifs is 1. The molecule has 0 atom stereocenters. The van der Waals surface area contributed by atoms with Gasteiger partial charge < -0.3 is 19.2 Å². The molecule has 9 heteroatoms. The molecular weight excluding hydrogens is 424 g/mol. The van der Waals surface area contributed by atoms with Crippen molar-refractivity contribution in [3.8, 4) is 22.1 Å². The Hall–Kier alpha value is -3.20. The minimum atomic E-state index is -0.970. The molecule has 3 heterocycles. The van der Waals surface area contributed by atoms with Crippen molar-refractivity contribution in [1.29, 1.82) is 0 Å². The highest BCUT2D eigenvalue weighted by molar-refractivity contribution is 7.13. The van der Waals surface area contributed by atoms with Crippen molar-refractivity contribution in [3.63, 3.8) is 0 Å². The third-order valence-electron chi connectivity index (χ3n) is 4.83. The number of hydrogen-bond acceptors (Lipinski definition) is 7. The normalized spacial score (nSPS) is 11.1. The molecule has 1 N–H and O–H groups in total. The topological polar surface area (TPSA) is 69.4 Å². The Kier molecular flexibility index (Phi) is 6.03. The van der Waals surface area contributed by atoms with E-state index in [2.05, 4.69) is 15.3 Å². The Bertz CT molecular complexity index is 1220. The highest BCUT2D eigenvalue weighted by Crippen LogP contribution is 2.36. The van der Waals surface area contributed by atoms with Crippen LogP contribution in [0.2, 0.25) is 0 Å². The zero-order chi connectivity index (χ0) is 22.0. The summed E-state index contributed by atoms with van der Waals surface area (Å²) >= 11 is 1.54. The van der Waals surface area contributed by atoms with Gasteiger partial charge in [-0.05, 0) is 20.3 Å². The second kappa shape index (κ2) is 8.89. The molecule has 0 radical (unpaired) electrons. The molecule has 0 saturated carbocycles. The van der Waals surface area contributed by atoms with Crippen LogP contribution in [0.5, 0.6) is 11.5 Å². The van der Waals surface area contributed by atoms with Gasteiger partial charge in [0.15, 0.2) is 23.0 Å². The Labute approximate surface area is 181 Å². The summed E-state index contributed by atoms with van der Waals surface area (Å²) < 4.78 is 44.8. The van der Waals surface area contributed by atoms with E-state index in [1.165, 1.54) is 24.8 Å². The van der Waals surface area contributed by atoms with E-state index in [4.69, 9.17) is 13.9 Å². The molecule has 1 aromatic carbocycles. The Morgan fingerprint density at radius 3 is 2.81 bits per heavy atom. The van der Waals surface area contributed by atoms with Crippen LogP contribution in [0, 0.1) is 18.6 Å². The number of thiophene rings is 1. The van der Waals surface area contributed by atoms with Gasteiger partial charge in [-0.15, -0.1) is 11.3 Å². The fourth-order valence-corrected chi connectivity index (χ4v) is 4.20. The maximum atomic E-state index is 14.5. The second-order valence-electron chi connectivity index (χ2n) is 6.76. The number of nitrogens with one attached hydrogen (secondary N) is 1. The van der Waals surface area contributed by atoms with Gasteiger partial charge >= 0.3 is 0 Å². The summed E-state index contributed by atoms with van der Waals surface area (Å²) in [4.78, 5) is 9.53. The van der Waals surface area contributed by atoms with Crippen LogP contribution >= 0.6 is 11.3 Å². The summed E-state index contributed by atoms with van der Waals surface area (Å²) in [5, 5.41) is 5.26. The quantitative estimate of drug-likeness (QED) is 0.381. The molecule has 0 saturated heterocycles. The van der Waals surface area contributed by atoms with E-state index in [0.717, 1.165) is 22.4 Å². The molecular formula is C22H21F2N3O3S. The zero-order valence-corrected chi connectivity index (χ0v) is 18.1. The number of aromatic nitrogens is 2. The number of anilines is 1. The first-order valence-electron chi connectivity index (χ1n) is 9.73. The van der Waals surface area contributed by atoms with Gasteiger partial charge in [-0.25, -0.2) is 18.7 Å². The van der Waals surface area contributed by atoms with Crippen LogP contribution in [0.25, 0.3) is 21.5 Å². The van der Waals surface area contributed by atoms with Gasteiger partial charge in [-0.3, -0.25) is 0 Å². The number of benzene rings is 1.